The van der Waals surface area contributed by atoms with Gasteiger partial charge in [0.25, 0.3) is 0 Å². The van der Waals surface area contributed by atoms with Crippen LogP contribution in [0.2, 0.25) is 0 Å². The van der Waals surface area contributed by atoms with E-state index in [1.54, 1.807) is 19.1 Å². The van der Waals surface area contributed by atoms with Crippen LogP contribution in [0.3, 0.4) is 0 Å². The van der Waals surface area contributed by atoms with Gasteiger partial charge in [-0.15, -0.1) is 11.6 Å². The van der Waals surface area contributed by atoms with Gasteiger partial charge in [0, 0.05) is 31.6 Å². The zero-order valence-electron chi connectivity index (χ0n) is 11.6. The summed E-state index contributed by atoms with van der Waals surface area (Å²) in [5, 5.41) is 2.60. The minimum Gasteiger partial charge on any atom is -0.326 e. The summed E-state index contributed by atoms with van der Waals surface area (Å²) in [6.07, 6.45) is 0.610. The minimum atomic E-state index is -3.51. The molecule has 0 unspecified atom stereocenters. The standard InChI is InChI=1S/C13H19ClN2O3S/c1-3-16(10-4-9-14)20(18,19)13-7-5-12(6-8-13)15-11(2)17/h5-8H,3-4,9-10H2,1-2H3,(H,15,17). The molecule has 0 heterocycles. The van der Waals surface area contributed by atoms with Gasteiger partial charge in [-0.3, -0.25) is 4.79 Å². The van der Waals surface area contributed by atoms with Crippen LogP contribution in [-0.2, 0) is 14.8 Å². The predicted molar refractivity (Wildman–Crippen MR) is 80.5 cm³/mol. The average molecular weight is 319 g/mol. The van der Waals surface area contributed by atoms with Gasteiger partial charge in [-0.1, -0.05) is 6.92 Å². The van der Waals surface area contributed by atoms with Crippen molar-refractivity contribution in [2.45, 2.75) is 25.2 Å². The van der Waals surface area contributed by atoms with Crippen molar-refractivity contribution in [1.29, 1.82) is 0 Å². The first-order valence-electron chi connectivity index (χ1n) is 6.35. The van der Waals surface area contributed by atoms with Crippen LogP contribution in [0.25, 0.3) is 0 Å². The SMILES string of the molecule is CCN(CCCCl)S(=O)(=O)c1ccc(NC(C)=O)cc1. The number of halogens is 1. The molecule has 0 saturated carbocycles. The summed E-state index contributed by atoms with van der Waals surface area (Å²) in [4.78, 5) is 11.1. The first-order chi connectivity index (χ1) is 9.41. The Morgan fingerprint density at radius 1 is 1.30 bits per heavy atom. The molecule has 20 heavy (non-hydrogen) atoms. The molecule has 1 amide bonds. The zero-order chi connectivity index (χ0) is 15.2. The lowest BCUT2D eigenvalue weighted by Gasteiger charge is -2.20. The van der Waals surface area contributed by atoms with Crippen molar-refractivity contribution >= 4 is 33.2 Å². The third kappa shape index (κ3) is 4.47. The molecule has 0 aliphatic heterocycles. The summed E-state index contributed by atoms with van der Waals surface area (Å²) in [7, 11) is -3.51. The summed E-state index contributed by atoms with van der Waals surface area (Å²) >= 11 is 5.61. The fourth-order valence-electron chi connectivity index (χ4n) is 1.75. The Morgan fingerprint density at radius 3 is 2.35 bits per heavy atom. The molecule has 0 radical (unpaired) electrons. The van der Waals surface area contributed by atoms with Gasteiger partial charge >= 0.3 is 0 Å². The third-order valence-corrected chi connectivity index (χ3v) is 4.96. The van der Waals surface area contributed by atoms with Gasteiger partial charge in [-0.25, -0.2) is 8.42 Å². The fourth-order valence-corrected chi connectivity index (χ4v) is 3.35. The number of rotatable bonds is 7. The molecule has 0 aromatic heterocycles. The van der Waals surface area contributed by atoms with E-state index in [9.17, 15) is 13.2 Å². The molecule has 1 N–H and O–H groups in total. The molecule has 0 aliphatic rings. The van der Waals surface area contributed by atoms with Crippen LogP contribution in [0.5, 0.6) is 0 Å². The molecule has 1 aromatic carbocycles. The van der Waals surface area contributed by atoms with E-state index in [1.807, 2.05) is 0 Å². The molecule has 5 nitrogen and oxygen atoms in total. The maximum atomic E-state index is 12.4. The van der Waals surface area contributed by atoms with Crippen LogP contribution in [0, 0.1) is 0 Å². The lowest BCUT2D eigenvalue weighted by molar-refractivity contribution is -0.114. The Hall–Kier alpha value is -1.11. The fraction of sp³-hybridized carbons (Fsp3) is 0.462. The quantitative estimate of drug-likeness (QED) is 0.784. The highest BCUT2D eigenvalue weighted by molar-refractivity contribution is 7.89. The highest BCUT2D eigenvalue weighted by Gasteiger charge is 2.22. The van der Waals surface area contributed by atoms with Gasteiger partial charge in [0.1, 0.15) is 0 Å². The summed E-state index contributed by atoms with van der Waals surface area (Å²) in [5.41, 5.74) is 0.570. The van der Waals surface area contributed by atoms with E-state index in [0.29, 0.717) is 31.1 Å². The minimum absolute atomic E-state index is 0.196. The van der Waals surface area contributed by atoms with Crippen LogP contribution in [0.4, 0.5) is 5.69 Å². The maximum absolute atomic E-state index is 12.4. The molecule has 0 atom stereocenters. The largest absolute Gasteiger partial charge is 0.326 e. The van der Waals surface area contributed by atoms with Crippen LogP contribution < -0.4 is 5.32 Å². The van der Waals surface area contributed by atoms with Crippen molar-refractivity contribution in [3.8, 4) is 0 Å². The van der Waals surface area contributed by atoms with Gasteiger partial charge in [-0.05, 0) is 30.7 Å². The summed E-state index contributed by atoms with van der Waals surface area (Å²) in [6.45, 7) is 3.98. The van der Waals surface area contributed by atoms with E-state index >= 15 is 0 Å². The second-order valence-corrected chi connectivity index (χ2v) is 6.56. The first-order valence-corrected chi connectivity index (χ1v) is 8.33. The molecule has 0 fully saturated rings. The Kier molecular flexibility index (Phi) is 6.45. The molecule has 1 aromatic rings. The predicted octanol–water partition coefficient (Wildman–Crippen LogP) is 2.28. The van der Waals surface area contributed by atoms with Gasteiger partial charge < -0.3 is 5.32 Å². The number of nitrogens with one attached hydrogen (secondary N) is 1. The number of hydrogen-bond donors (Lipinski definition) is 1. The number of sulfonamides is 1. The number of carbonyl (C=O) groups is 1. The molecule has 112 valence electrons. The van der Waals surface area contributed by atoms with E-state index in [1.165, 1.54) is 23.4 Å². The molecule has 7 heteroatoms. The van der Waals surface area contributed by atoms with Crippen LogP contribution in [0.15, 0.2) is 29.2 Å². The number of carbonyl (C=O) groups excluding carboxylic acids is 1. The van der Waals surface area contributed by atoms with Gasteiger partial charge in [0.2, 0.25) is 15.9 Å². The second kappa shape index (κ2) is 7.61. The highest BCUT2D eigenvalue weighted by atomic mass is 35.5. The van der Waals surface area contributed by atoms with Crippen molar-refractivity contribution in [2.24, 2.45) is 0 Å². The Morgan fingerprint density at radius 2 is 1.90 bits per heavy atom. The molecule has 0 bridgehead atoms. The van der Waals surface area contributed by atoms with Gasteiger partial charge in [-0.2, -0.15) is 4.31 Å². The Labute approximate surface area is 125 Å². The van der Waals surface area contributed by atoms with Crippen molar-refractivity contribution in [3.05, 3.63) is 24.3 Å². The highest BCUT2D eigenvalue weighted by Crippen LogP contribution is 2.18. The molecule has 0 aliphatic carbocycles. The number of benzene rings is 1. The Balaban J connectivity index is 2.93. The van der Waals surface area contributed by atoms with E-state index in [4.69, 9.17) is 11.6 Å². The van der Waals surface area contributed by atoms with E-state index < -0.39 is 10.0 Å². The van der Waals surface area contributed by atoms with E-state index in [2.05, 4.69) is 5.32 Å². The molecular formula is C13H19ClN2O3S. The average Bonchev–Trinajstić information content (AvgIpc) is 2.39. The number of hydrogen-bond acceptors (Lipinski definition) is 3. The number of amides is 1. The van der Waals surface area contributed by atoms with Crippen molar-refractivity contribution in [1.82, 2.24) is 4.31 Å². The number of nitrogens with zero attached hydrogens (tertiary/aromatic N) is 1. The monoisotopic (exact) mass is 318 g/mol. The van der Waals surface area contributed by atoms with E-state index in [-0.39, 0.29) is 10.8 Å². The van der Waals surface area contributed by atoms with E-state index in [0.717, 1.165) is 0 Å². The Bertz CT molecular complexity index is 543. The molecule has 1 rings (SSSR count). The third-order valence-electron chi connectivity index (χ3n) is 2.71. The van der Waals surface area contributed by atoms with Crippen molar-refractivity contribution < 1.29 is 13.2 Å². The topological polar surface area (TPSA) is 66.5 Å². The lowest BCUT2D eigenvalue weighted by atomic mass is 10.3. The zero-order valence-corrected chi connectivity index (χ0v) is 13.2. The number of alkyl halides is 1. The smallest absolute Gasteiger partial charge is 0.243 e. The normalized spacial score (nSPS) is 11.6. The lowest BCUT2D eigenvalue weighted by Crippen LogP contribution is -2.32. The summed E-state index contributed by atoms with van der Waals surface area (Å²) in [6, 6.07) is 6.13. The van der Waals surface area contributed by atoms with Crippen molar-refractivity contribution in [3.63, 3.8) is 0 Å². The van der Waals surface area contributed by atoms with Crippen LogP contribution in [-0.4, -0.2) is 37.6 Å². The molecule has 0 spiro atoms. The first kappa shape index (κ1) is 16.9. The van der Waals surface area contributed by atoms with Crippen molar-refractivity contribution in [2.75, 3.05) is 24.3 Å². The molecule has 0 saturated heterocycles. The number of anilines is 1. The maximum Gasteiger partial charge on any atom is 0.243 e. The van der Waals surface area contributed by atoms with Crippen LogP contribution in [0.1, 0.15) is 20.3 Å². The summed E-state index contributed by atoms with van der Waals surface area (Å²) < 4.78 is 26.2. The van der Waals surface area contributed by atoms with Gasteiger partial charge in [0.05, 0.1) is 4.90 Å². The summed E-state index contributed by atoms with van der Waals surface area (Å²) in [5.74, 6) is 0.228. The van der Waals surface area contributed by atoms with Crippen LogP contribution >= 0.6 is 11.6 Å². The molecular weight excluding hydrogens is 300 g/mol. The van der Waals surface area contributed by atoms with Gasteiger partial charge in [0.15, 0.2) is 0 Å². The second-order valence-electron chi connectivity index (χ2n) is 4.24.